The van der Waals surface area contributed by atoms with E-state index in [9.17, 15) is 13.6 Å². The standard InChI is InChI=1S/C21H19F2N3O2/c22-16-3-1-2-14(10-16)11-20(27)24-17-12-15-4-5-19(25-21(15)18(23)13-17)26-6-8-28-9-7-26/h1-5,10,12-13H,6-9,11H2,(H,24,27). The lowest BCUT2D eigenvalue weighted by atomic mass is 10.1. The number of anilines is 2. The third kappa shape index (κ3) is 4.09. The summed E-state index contributed by atoms with van der Waals surface area (Å²) in [6, 6.07) is 12.4. The number of benzene rings is 2. The largest absolute Gasteiger partial charge is 0.378 e. The predicted molar refractivity (Wildman–Crippen MR) is 103 cm³/mol. The summed E-state index contributed by atoms with van der Waals surface area (Å²) in [5.41, 5.74) is 1.15. The van der Waals surface area contributed by atoms with Crippen molar-refractivity contribution in [2.45, 2.75) is 6.42 Å². The number of nitrogens with one attached hydrogen (secondary N) is 1. The molecule has 0 radical (unpaired) electrons. The van der Waals surface area contributed by atoms with E-state index in [-0.39, 0.29) is 17.8 Å². The summed E-state index contributed by atoms with van der Waals surface area (Å²) >= 11 is 0. The molecule has 5 nitrogen and oxygen atoms in total. The van der Waals surface area contributed by atoms with Crippen molar-refractivity contribution in [3.05, 3.63) is 65.7 Å². The van der Waals surface area contributed by atoms with E-state index in [1.807, 2.05) is 6.07 Å². The predicted octanol–water partition coefficient (Wildman–Crippen LogP) is 3.53. The molecule has 1 saturated heterocycles. The maximum Gasteiger partial charge on any atom is 0.228 e. The van der Waals surface area contributed by atoms with Crippen LogP contribution >= 0.6 is 0 Å². The number of halogens is 2. The van der Waals surface area contributed by atoms with Gasteiger partial charge in [-0.05, 0) is 42.0 Å². The van der Waals surface area contributed by atoms with Gasteiger partial charge in [0.15, 0.2) is 5.82 Å². The van der Waals surface area contributed by atoms with E-state index in [0.717, 1.165) is 0 Å². The number of aromatic nitrogens is 1. The van der Waals surface area contributed by atoms with Crippen molar-refractivity contribution in [2.24, 2.45) is 0 Å². The molecule has 1 fully saturated rings. The second-order valence-corrected chi connectivity index (χ2v) is 6.65. The van der Waals surface area contributed by atoms with Gasteiger partial charge < -0.3 is 15.0 Å². The average molecular weight is 383 g/mol. The minimum atomic E-state index is -0.506. The van der Waals surface area contributed by atoms with Crippen molar-refractivity contribution in [1.29, 1.82) is 0 Å². The molecule has 1 N–H and O–H groups in total. The number of rotatable bonds is 4. The van der Waals surface area contributed by atoms with E-state index in [1.165, 1.54) is 18.2 Å². The lowest BCUT2D eigenvalue weighted by Crippen LogP contribution is -2.36. The van der Waals surface area contributed by atoms with Crippen LogP contribution < -0.4 is 10.2 Å². The number of hydrogen-bond acceptors (Lipinski definition) is 4. The van der Waals surface area contributed by atoms with Crippen LogP contribution in [0.15, 0.2) is 48.5 Å². The Balaban J connectivity index is 1.52. The number of ether oxygens (including phenoxy) is 1. The maximum absolute atomic E-state index is 14.6. The maximum atomic E-state index is 14.6. The zero-order valence-electron chi connectivity index (χ0n) is 15.1. The van der Waals surface area contributed by atoms with Gasteiger partial charge in [0, 0.05) is 24.2 Å². The molecule has 0 aliphatic carbocycles. The average Bonchev–Trinajstić information content (AvgIpc) is 2.68. The smallest absolute Gasteiger partial charge is 0.228 e. The minimum Gasteiger partial charge on any atom is -0.378 e. The van der Waals surface area contributed by atoms with E-state index >= 15 is 0 Å². The molecular weight excluding hydrogens is 364 g/mol. The number of fused-ring (bicyclic) bond motifs is 1. The highest BCUT2D eigenvalue weighted by Crippen LogP contribution is 2.25. The number of hydrogen-bond donors (Lipinski definition) is 1. The molecule has 0 saturated carbocycles. The van der Waals surface area contributed by atoms with Crippen molar-refractivity contribution in [3.8, 4) is 0 Å². The summed E-state index contributed by atoms with van der Waals surface area (Å²) in [5.74, 6) is -0.544. The van der Waals surface area contributed by atoms with Crippen LogP contribution in [0.3, 0.4) is 0 Å². The summed E-state index contributed by atoms with van der Waals surface area (Å²) in [7, 11) is 0. The molecule has 0 atom stereocenters. The molecule has 0 bridgehead atoms. The summed E-state index contributed by atoms with van der Waals surface area (Å²) in [6.45, 7) is 2.68. The van der Waals surface area contributed by atoms with Gasteiger partial charge in [0.05, 0.1) is 19.6 Å². The Morgan fingerprint density at radius 2 is 1.93 bits per heavy atom. The summed E-state index contributed by atoms with van der Waals surface area (Å²) < 4.78 is 33.2. The molecule has 1 aliphatic heterocycles. The molecule has 3 aromatic rings. The number of morpholine rings is 1. The molecule has 28 heavy (non-hydrogen) atoms. The van der Waals surface area contributed by atoms with E-state index in [4.69, 9.17) is 4.74 Å². The van der Waals surface area contributed by atoms with Gasteiger partial charge in [-0.1, -0.05) is 12.1 Å². The molecule has 144 valence electrons. The Hall–Kier alpha value is -3.06. The van der Waals surface area contributed by atoms with Gasteiger partial charge in [0.25, 0.3) is 0 Å². The fourth-order valence-electron chi connectivity index (χ4n) is 3.26. The Labute approximate surface area is 160 Å². The van der Waals surface area contributed by atoms with E-state index in [1.54, 1.807) is 24.3 Å². The monoisotopic (exact) mass is 383 g/mol. The van der Waals surface area contributed by atoms with E-state index in [2.05, 4.69) is 15.2 Å². The second kappa shape index (κ2) is 7.90. The molecule has 1 amide bonds. The van der Waals surface area contributed by atoms with Gasteiger partial charge in [0.2, 0.25) is 5.91 Å². The van der Waals surface area contributed by atoms with Gasteiger partial charge in [-0.2, -0.15) is 0 Å². The summed E-state index contributed by atoms with van der Waals surface area (Å²) in [6.07, 6.45) is 0.00559. The SMILES string of the molecule is O=C(Cc1cccc(F)c1)Nc1cc(F)c2nc(N3CCOCC3)ccc2c1. The molecule has 2 heterocycles. The molecule has 1 aliphatic rings. The first kappa shape index (κ1) is 18.3. The van der Waals surface area contributed by atoms with Crippen molar-refractivity contribution in [3.63, 3.8) is 0 Å². The normalized spacial score (nSPS) is 14.3. The first-order valence-electron chi connectivity index (χ1n) is 9.06. The lowest BCUT2D eigenvalue weighted by molar-refractivity contribution is -0.115. The van der Waals surface area contributed by atoms with Crippen molar-refractivity contribution >= 4 is 28.3 Å². The molecule has 4 rings (SSSR count). The van der Waals surface area contributed by atoms with Gasteiger partial charge in [-0.3, -0.25) is 4.79 Å². The molecule has 7 heteroatoms. The number of carbonyl (C=O) groups is 1. The Morgan fingerprint density at radius 3 is 2.71 bits per heavy atom. The highest BCUT2D eigenvalue weighted by Gasteiger charge is 2.15. The van der Waals surface area contributed by atoms with E-state index in [0.29, 0.717) is 48.8 Å². The third-order valence-corrected chi connectivity index (χ3v) is 4.60. The first-order chi connectivity index (χ1) is 13.6. The highest BCUT2D eigenvalue weighted by molar-refractivity contribution is 5.95. The number of pyridine rings is 1. The van der Waals surface area contributed by atoms with Crippen molar-refractivity contribution < 1.29 is 18.3 Å². The Morgan fingerprint density at radius 1 is 1.11 bits per heavy atom. The third-order valence-electron chi connectivity index (χ3n) is 4.60. The van der Waals surface area contributed by atoms with E-state index < -0.39 is 11.6 Å². The second-order valence-electron chi connectivity index (χ2n) is 6.65. The number of nitrogens with zero attached hydrogens (tertiary/aromatic N) is 2. The van der Waals surface area contributed by atoms with Crippen LogP contribution in [0.25, 0.3) is 10.9 Å². The lowest BCUT2D eigenvalue weighted by Gasteiger charge is -2.28. The zero-order valence-corrected chi connectivity index (χ0v) is 15.1. The van der Waals surface area contributed by atoms with Gasteiger partial charge in [0.1, 0.15) is 17.2 Å². The van der Waals surface area contributed by atoms with Gasteiger partial charge in [-0.15, -0.1) is 0 Å². The Bertz CT molecular complexity index is 1020. The number of amides is 1. The summed E-state index contributed by atoms with van der Waals surface area (Å²) in [5, 5.41) is 3.26. The van der Waals surface area contributed by atoms with Gasteiger partial charge >= 0.3 is 0 Å². The molecular formula is C21H19F2N3O2. The van der Waals surface area contributed by atoms with Crippen molar-refractivity contribution in [2.75, 3.05) is 36.5 Å². The Kier molecular flexibility index (Phi) is 5.16. The fraction of sp³-hybridized carbons (Fsp3) is 0.238. The molecule has 2 aromatic carbocycles. The van der Waals surface area contributed by atoms with Crippen LogP contribution in [0, 0.1) is 11.6 Å². The quantitative estimate of drug-likeness (QED) is 0.749. The first-order valence-corrected chi connectivity index (χ1v) is 9.06. The van der Waals surface area contributed by atoms with Gasteiger partial charge in [-0.25, -0.2) is 13.8 Å². The molecule has 1 aromatic heterocycles. The molecule has 0 unspecified atom stereocenters. The van der Waals surface area contributed by atoms with Crippen LogP contribution in [0.5, 0.6) is 0 Å². The fourth-order valence-corrected chi connectivity index (χ4v) is 3.26. The van der Waals surface area contributed by atoms with Crippen molar-refractivity contribution in [1.82, 2.24) is 4.98 Å². The van der Waals surface area contributed by atoms with Crippen LogP contribution in [-0.2, 0) is 16.0 Å². The van der Waals surface area contributed by atoms with Crippen LogP contribution in [0.1, 0.15) is 5.56 Å². The molecule has 0 spiro atoms. The summed E-state index contributed by atoms with van der Waals surface area (Å²) in [4.78, 5) is 18.7. The minimum absolute atomic E-state index is 0.00559. The van der Waals surface area contributed by atoms with Crippen LogP contribution in [-0.4, -0.2) is 37.2 Å². The zero-order chi connectivity index (χ0) is 19.5. The highest BCUT2D eigenvalue weighted by atomic mass is 19.1. The number of carbonyl (C=O) groups excluding carboxylic acids is 1. The van der Waals surface area contributed by atoms with Crippen LogP contribution in [0.4, 0.5) is 20.3 Å². The van der Waals surface area contributed by atoms with Crippen LogP contribution in [0.2, 0.25) is 0 Å². The topological polar surface area (TPSA) is 54.5 Å².